The van der Waals surface area contributed by atoms with Gasteiger partial charge in [0.2, 0.25) is 0 Å². The van der Waals surface area contributed by atoms with Gasteiger partial charge in [0.15, 0.2) is 0 Å². The van der Waals surface area contributed by atoms with E-state index in [4.69, 9.17) is 4.18 Å². The summed E-state index contributed by atoms with van der Waals surface area (Å²) in [4.78, 5) is 0. The smallest absolute Gasteiger partial charge is 0.264 e. The van der Waals surface area contributed by atoms with Gasteiger partial charge in [-0.15, -0.1) is 0 Å². The number of hydrogen-bond acceptors (Lipinski definition) is 3. The molecule has 78 valence electrons. The maximum atomic E-state index is 10.7. The molecule has 0 amide bonds. The molecule has 0 saturated heterocycles. The molecule has 0 aromatic rings. The van der Waals surface area contributed by atoms with Crippen LogP contribution in [0.5, 0.6) is 0 Å². The summed E-state index contributed by atoms with van der Waals surface area (Å²) in [6.07, 6.45) is 5.74. The minimum atomic E-state index is -3.24. The second kappa shape index (κ2) is 4.42. The van der Waals surface area contributed by atoms with Crippen LogP contribution in [0.25, 0.3) is 0 Å². The van der Waals surface area contributed by atoms with Crippen molar-refractivity contribution in [2.24, 2.45) is 11.8 Å². The van der Waals surface area contributed by atoms with Crippen LogP contribution in [0.3, 0.4) is 0 Å². The summed E-state index contributed by atoms with van der Waals surface area (Å²) in [5.41, 5.74) is 0. The normalized spacial score (nSPS) is 30.3. The van der Waals surface area contributed by atoms with E-state index in [0.29, 0.717) is 12.5 Å². The summed E-state index contributed by atoms with van der Waals surface area (Å²) < 4.78 is 26.2. The zero-order chi connectivity index (χ0) is 9.90. The van der Waals surface area contributed by atoms with Crippen molar-refractivity contribution >= 4 is 10.1 Å². The average molecular weight is 206 g/mol. The van der Waals surface area contributed by atoms with Crippen LogP contribution in [0, 0.1) is 11.8 Å². The van der Waals surface area contributed by atoms with Gasteiger partial charge in [0.05, 0.1) is 12.9 Å². The average Bonchev–Trinajstić information content (AvgIpc) is 2.02. The fourth-order valence-electron chi connectivity index (χ4n) is 1.72. The van der Waals surface area contributed by atoms with E-state index in [2.05, 4.69) is 6.92 Å². The summed E-state index contributed by atoms with van der Waals surface area (Å²) >= 11 is 0. The van der Waals surface area contributed by atoms with Crippen LogP contribution >= 0.6 is 0 Å². The second-order valence-corrected chi connectivity index (χ2v) is 5.76. The Morgan fingerprint density at radius 2 is 1.77 bits per heavy atom. The molecule has 0 N–H and O–H groups in total. The first-order valence-corrected chi connectivity index (χ1v) is 6.63. The molecule has 1 saturated carbocycles. The molecule has 1 aliphatic rings. The molecule has 0 heterocycles. The Hall–Kier alpha value is -0.0900. The van der Waals surface area contributed by atoms with Crippen LogP contribution in [0.2, 0.25) is 0 Å². The largest absolute Gasteiger partial charge is 0.270 e. The lowest BCUT2D eigenvalue weighted by Gasteiger charge is -2.25. The quantitative estimate of drug-likeness (QED) is 0.661. The Morgan fingerprint density at radius 1 is 1.23 bits per heavy atom. The van der Waals surface area contributed by atoms with Crippen molar-refractivity contribution in [1.29, 1.82) is 0 Å². The highest BCUT2D eigenvalue weighted by Crippen LogP contribution is 2.28. The molecule has 4 heteroatoms. The van der Waals surface area contributed by atoms with Crippen molar-refractivity contribution in [3.8, 4) is 0 Å². The maximum Gasteiger partial charge on any atom is 0.264 e. The Bertz CT molecular complexity index is 238. The summed E-state index contributed by atoms with van der Waals surface area (Å²) in [6.45, 7) is 2.62. The molecule has 13 heavy (non-hydrogen) atoms. The summed E-state index contributed by atoms with van der Waals surface area (Å²) in [5, 5.41) is 0. The van der Waals surface area contributed by atoms with Crippen molar-refractivity contribution in [2.75, 3.05) is 12.9 Å². The van der Waals surface area contributed by atoms with E-state index in [-0.39, 0.29) is 0 Å². The standard InChI is InChI=1S/C9H18O3S/c1-8-3-5-9(6-4-8)7-12-13(2,10)11/h8-9H,3-7H2,1-2H3/t8-,9-. The van der Waals surface area contributed by atoms with Gasteiger partial charge < -0.3 is 0 Å². The number of rotatable bonds is 3. The Labute approximate surface area is 80.6 Å². The van der Waals surface area contributed by atoms with Gasteiger partial charge in [-0.05, 0) is 24.7 Å². The number of hydrogen-bond donors (Lipinski definition) is 0. The summed E-state index contributed by atoms with van der Waals surface area (Å²) in [6, 6.07) is 0. The van der Waals surface area contributed by atoms with Gasteiger partial charge in [-0.25, -0.2) is 0 Å². The molecule has 1 aliphatic carbocycles. The van der Waals surface area contributed by atoms with E-state index >= 15 is 0 Å². The van der Waals surface area contributed by atoms with Crippen LogP contribution in [-0.2, 0) is 14.3 Å². The lowest BCUT2D eigenvalue weighted by atomic mass is 9.83. The molecular formula is C9H18O3S. The van der Waals surface area contributed by atoms with Crippen molar-refractivity contribution < 1.29 is 12.6 Å². The molecule has 0 aromatic carbocycles. The first-order valence-electron chi connectivity index (χ1n) is 4.82. The minimum absolute atomic E-state index is 0.381. The third-order valence-electron chi connectivity index (χ3n) is 2.65. The van der Waals surface area contributed by atoms with Gasteiger partial charge in [0.25, 0.3) is 10.1 Å². The van der Waals surface area contributed by atoms with Crippen LogP contribution in [0.1, 0.15) is 32.6 Å². The van der Waals surface area contributed by atoms with Crippen LogP contribution in [0.15, 0.2) is 0 Å². The molecule has 3 nitrogen and oxygen atoms in total. The Morgan fingerprint density at radius 3 is 2.23 bits per heavy atom. The van der Waals surface area contributed by atoms with Crippen LogP contribution in [-0.4, -0.2) is 21.3 Å². The fourth-order valence-corrected chi connectivity index (χ4v) is 2.16. The minimum Gasteiger partial charge on any atom is -0.270 e. The molecule has 0 aromatic heterocycles. The van der Waals surface area contributed by atoms with E-state index in [1.165, 1.54) is 12.8 Å². The van der Waals surface area contributed by atoms with Gasteiger partial charge in [0.1, 0.15) is 0 Å². The van der Waals surface area contributed by atoms with E-state index < -0.39 is 10.1 Å². The zero-order valence-corrected chi connectivity index (χ0v) is 9.14. The van der Waals surface area contributed by atoms with E-state index in [1.807, 2.05) is 0 Å². The zero-order valence-electron chi connectivity index (χ0n) is 8.32. The highest BCUT2D eigenvalue weighted by Gasteiger charge is 2.19. The molecule has 1 rings (SSSR count). The molecule has 0 unspecified atom stereocenters. The van der Waals surface area contributed by atoms with Gasteiger partial charge in [-0.3, -0.25) is 4.18 Å². The maximum absolute atomic E-state index is 10.7. The third kappa shape index (κ3) is 4.62. The van der Waals surface area contributed by atoms with Gasteiger partial charge in [0, 0.05) is 0 Å². The lowest BCUT2D eigenvalue weighted by molar-refractivity contribution is 0.193. The monoisotopic (exact) mass is 206 g/mol. The highest BCUT2D eigenvalue weighted by atomic mass is 32.2. The predicted molar refractivity (Wildman–Crippen MR) is 51.9 cm³/mol. The van der Waals surface area contributed by atoms with E-state index in [9.17, 15) is 8.42 Å². The van der Waals surface area contributed by atoms with Crippen molar-refractivity contribution in [3.63, 3.8) is 0 Å². The van der Waals surface area contributed by atoms with Gasteiger partial charge in [-0.2, -0.15) is 8.42 Å². The SMILES string of the molecule is CS(=O)(=O)OC[C@H]1CC[C@H](C)CC1. The topological polar surface area (TPSA) is 43.4 Å². The van der Waals surface area contributed by atoms with Crippen LogP contribution in [0.4, 0.5) is 0 Å². The van der Waals surface area contributed by atoms with Gasteiger partial charge in [-0.1, -0.05) is 19.8 Å². The van der Waals surface area contributed by atoms with Crippen LogP contribution < -0.4 is 0 Å². The van der Waals surface area contributed by atoms with Crippen molar-refractivity contribution in [3.05, 3.63) is 0 Å². The molecular weight excluding hydrogens is 188 g/mol. The summed E-state index contributed by atoms with van der Waals surface area (Å²) in [5.74, 6) is 1.25. The highest BCUT2D eigenvalue weighted by molar-refractivity contribution is 7.85. The molecule has 1 fully saturated rings. The second-order valence-electron chi connectivity index (χ2n) is 4.11. The molecule has 0 spiro atoms. The third-order valence-corrected chi connectivity index (χ3v) is 3.22. The fraction of sp³-hybridized carbons (Fsp3) is 1.00. The van der Waals surface area contributed by atoms with Crippen molar-refractivity contribution in [2.45, 2.75) is 32.6 Å². The molecule has 0 bridgehead atoms. The summed E-state index contributed by atoms with van der Waals surface area (Å²) in [7, 11) is -3.24. The molecule has 0 radical (unpaired) electrons. The Balaban J connectivity index is 2.24. The first-order chi connectivity index (χ1) is 5.97. The lowest BCUT2D eigenvalue weighted by Crippen LogP contribution is -2.19. The van der Waals surface area contributed by atoms with Crippen molar-refractivity contribution in [1.82, 2.24) is 0 Å². The first kappa shape index (κ1) is 11.0. The van der Waals surface area contributed by atoms with Gasteiger partial charge >= 0.3 is 0 Å². The predicted octanol–water partition coefficient (Wildman–Crippen LogP) is 1.79. The van der Waals surface area contributed by atoms with E-state index in [0.717, 1.165) is 25.0 Å². The molecule has 0 atom stereocenters. The molecule has 0 aliphatic heterocycles. The Kier molecular flexibility index (Phi) is 3.74. The van der Waals surface area contributed by atoms with E-state index in [1.54, 1.807) is 0 Å².